The highest BCUT2D eigenvalue weighted by Gasteiger charge is 2.19. The van der Waals surface area contributed by atoms with Crippen molar-refractivity contribution in [2.75, 3.05) is 58.6 Å². The molecular weight excluding hydrogens is 961 g/mol. The molecule has 0 aliphatic rings. The molecule has 0 saturated carbocycles. The molecule has 7 aromatic rings. The smallest absolute Gasteiger partial charge is 0.343 e. The Balaban J connectivity index is 1.08. The van der Waals surface area contributed by atoms with Gasteiger partial charge in [0, 0.05) is 40.2 Å². The van der Waals surface area contributed by atoms with Crippen molar-refractivity contribution in [2.45, 2.75) is 70.1 Å². The summed E-state index contributed by atoms with van der Waals surface area (Å²) in [7, 11) is 0. The first-order valence-corrected chi connectivity index (χ1v) is 26.0. The lowest BCUT2D eigenvalue weighted by atomic mass is 9.95. The Hall–Kier alpha value is -7.33. The monoisotopic (exact) mass is 1020 g/mol. The molecule has 74 heavy (non-hydrogen) atoms. The minimum Gasteiger partial charge on any atom is -0.494 e. The number of esters is 4. The van der Waals surface area contributed by atoms with Gasteiger partial charge in [-0.15, -0.1) is 11.8 Å². The van der Waals surface area contributed by atoms with Gasteiger partial charge in [0.25, 0.3) is 0 Å². The maximum Gasteiger partial charge on any atom is 0.343 e. The lowest BCUT2D eigenvalue weighted by Gasteiger charge is -2.15. The standard InChI is InChI=1S/C59H62N2O12S/c1-5-53(62)70-30-14-10-8-12-28-68-43-20-16-41(17-21-43)58(64)72-45-24-26-48-49(37-45)56-57(61-52-39-47(25-27-51(52)60-56)74-35-34-67-33-32-66-7-3)50-38-46(36-40(4)55(48)50)73-59(65)42-18-22-44(23-19-42)69-29-13-9-11-15-31-71-54(63)6-2/h5-6,16-27,36-39H,1-2,7-15,28-35H2,3-4H3. The van der Waals surface area contributed by atoms with E-state index in [-0.39, 0.29) is 0 Å². The van der Waals surface area contributed by atoms with Crippen molar-refractivity contribution in [3.05, 3.63) is 139 Å². The first kappa shape index (κ1) is 54.4. The number of carbonyl (C=O) groups is 4. The number of aryl methyl sites for hydroxylation is 1. The minimum atomic E-state index is -0.529. The minimum absolute atomic E-state index is 0.333. The summed E-state index contributed by atoms with van der Waals surface area (Å²) >= 11 is 1.66. The molecule has 15 heteroatoms. The Bertz CT molecular complexity index is 3070. The molecule has 0 N–H and O–H groups in total. The van der Waals surface area contributed by atoms with Crippen molar-refractivity contribution < 1.29 is 57.1 Å². The Morgan fingerprint density at radius 1 is 0.514 bits per heavy atom. The van der Waals surface area contributed by atoms with Gasteiger partial charge in [-0.05, 0) is 179 Å². The van der Waals surface area contributed by atoms with Crippen LogP contribution in [0.25, 0.3) is 43.6 Å². The second kappa shape index (κ2) is 28.2. The van der Waals surface area contributed by atoms with Gasteiger partial charge in [-0.25, -0.2) is 29.1 Å². The Kier molecular flexibility index (Phi) is 20.8. The third kappa shape index (κ3) is 15.6. The van der Waals surface area contributed by atoms with Gasteiger partial charge >= 0.3 is 23.9 Å². The molecule has 0 amide bonds. The number of benzene rings is 6. The summed E-state index contributed by atoms with van der Waals surface area (Å²) in [6.07, 6.45) is 9.20. The van der Waals surface area contributed by atoms with E-state index in [0.717, 1.165) is 101 Å². The Morgan fingerprint density at radius 2 is 1.04 bits per heavy atom. The van der Waals surface area contributed by atoms with E-state index in [1.807, 2.05) is 56.3 Å². The molecule has 0 bridgehead atoms. The van der Waals surface area contributed by atoms with Gasteiger partial charge in [0.1, 0.15) is 23.0 Å². The van der Waals surface area contributed by atoms with Crippen LogP contribution in [0.2, 0.25) is 0 Å². The molecule has 0 spiro atoms. The van der Waals surface area contributed by atoms with Crippen LogP contribution in [-0.4, -0.2) is 92.5 Å². The van der Waals surface area contributed by atoms with Gasteiger partial charge in [0.2, 0.25) is 0 Å². The van der Waals surface area contributed by atoms with E-state index >= 15 is 0 Å². The van der Waals surface area contributed by atoms with Crippen molar-refractivity contribution in [2.24, 2.45) is 0 Å². The number of thioether (sulfide) groups is 1. The molecule has 0 aliphatic carbocycles. The second-order valence-electron chi connectivity index (χ2n) is 17.2. The fraction of sp³-hybridized carbons (Fsp3) is 0.322. The fourth-order valence-corrected chi connectivity index (χ4v) is 8.90. The van der Waals surface area contributed by atoms with E-state index in [9.17, 15) is 19.2 Å². The molecule has 386 valence electrons. The summed E-state index contributed by atoms with van der Waals surface area (Å²) in [6.45, 7) is 14.8. The maximum absolute atomic E-state index is 13.6. The van der Waals surface area contributed by atoms with Gasteiger partial charge in [0.05, 0.1) is 79.4 Å². The first-order valence-electron chi connectivity index (χ1n) is 25.0. The molecule has 0 aliphatic heterocycles. The normalized spacial score (nSPS) is 11.2. The number of hydrogen-bond acceptors (Lipinski definition) is 15. The quantitative estimate of drug-likeness (QED) is 0.00793. The summed E-state index contributed by atoms with van der Waals surface area (Å²) in [6, 6.07) is 28.8. The van der Waals surface area contributed by atoms with Crippen molar-refractivity contribution in [1.82, 2.24) is 9.97 Å². The van der Waals surface area contributed by atoms with Crippen molar-refractivity contribution in [3.8, 4) is 23.0 Å². The predicted molar refractivity (Wildman–Crippen MR) is 288 cm³/mol. The van der Waals surface area contributed by atoms with Gasteiger partial charge in [0.15, 0.2) is 0 Å². The second-order valence-corrected chi connectivity index (χ2v) is 18.4. The van der Waals surface area contributed by atoms with Gasteiger partial charge in [-0.3, -0.25) is 0 Å². The molecule has 0 radical (unpaired) electrons. The van der Waals surface area contributed by atoms with Crippen LogP contribution < -0.4 is 18.9 Å². The summed E-state index contributed by atoms with van der Waals surface area (Å²) in [4.78, 5) is 61.0. The number of nitrogens with zero attached hydrogens (tertiary/aromatic N) is 2. The van der Waals surface area contributed by atoms with E-state index in [0.29, 0.717) is 109 Å². The van der Waals surface area contributed by atoms with E-state index in [2.05, 4.69) is 13.2 Å². The highest BCUT2D eigenvalue weighted by atomic mass is 32.2. The number of fused-ring (bicyclic) bond motifs is 7. The molecule has 0 saturated heterocycles. The number of aromatic nitrogens is 2. The molecule has 1 heterocycles. The topological polar surface area (TPSA) is 168 Å². The Morgan fingerprint density at radius 3 is 1.64 bits per heavy atom. The third-order valence-corrected chi connectivity index (χ3v) is 12.8. The molecule has 6 aromatic carbocycles. The zero-order valence-electron chi connectivity index (χ0n) is 42.0. The van der Waals surface area contributed by atoms with Crippen molar-refractivity contribution in [3.63, 3.8) is 0 Å². The van der Waals surface area contributed by atoms with Crippen LogP contribution in [0.5, 0.6) is 23.0 Å². The van der Waals surface area contributed by atoms with Crippen LogP contribution >= 0.6 is 11.8 Å². The fourth-order valence-electron chi connectivity index (χ4n) is 8.11. The number of hydrogen-bond donors (Lipinski definition) is 0. The third-order valence-electron chi connectivity index (χ3n) is 11.8. The molecule has 14 nitrogen and oxygen atoms in total. The Labute approximate surface area is 435 Å². The predicted octanol–water partition coefficient (Wildman–Crippen LogP) is 12.3. The van der Waals surface area contributed by atoms with Crippen LogP contribution in [-0.2, 0) is 28.5 Å². The summed E-state index contributed by atoms with van der Waals surface area (Å²) < 4.78 is 45.0. The molecule has 0 atom stereocenters. The zero-order valence-corrected chi connectivity index (χ0v) is 42.8. The molecule has 1 aromatic heterocycles. The van der Waals surface area contributed by atoms with Crippen LogP contribution in [0.4, 0.5) is 0 Å². The van der Waals surface area contributed by atoms with Crippen LogP contribution in [0.1, 0.15) is 84.6 Å². The van der Waals surface area contributed by atoms with Crippen LogP contribution in [0.3, 0.4) is 0 Å². The highest BCUT2D eigenvalue weighted by Crippen LogP contribution is 2.40. The van der Waals surface area contributed by atoms with Crippen molar-refractivity contribution in [1.29, 1.82) is 0 Å². The van der Waals surface area contributed by atoms with Gasteiger partial charge < -0.3 is 37.9 Å². The highest BCUT2D eigenvalue weighted by molar-refractivity contribution is 7.99. The van der Waals surface area contributed by atoms with E-state index in [1.165, 1.54) is 0 Å². The van der Waals surface area contributed by atoms with Crippen molar-refractivity contribution >= 4 is 79.3 Å². The molecule has 7 rings (SSSR count). The van der Waals surface area contributed by atoms with Gasteiger partial charge in [-0.1, -0.05) is 13.2 Å². The number of rotatable bonds is 30. The number of unbranched alkanes of at least 4 members (excludes halogenated alkanes) is 6. The number of carbonyl (C=O) groups excluding carboxylic acids is 4. The first-order chi connectivity index (χ1) is 36.1. The maximum atomic E-state index is 13.6. The molecular formula is C59H62N2O12S. The lowest BCUT2D eigenvalue weighted by molar-refractivity contribution is -0.138. The van der Waals surface area contributed by atoms with E-state index < -0.39 is 23.9 Å². The molecule has 0 unspecified atom stereocenters. The zero-order chi connectivity index (χ0) is 52.1. The summed E-state index contributed by atoms with van der Waals surface area (Å²) in [5, 5.41) is 3.22. The summed E-state index contributed by atoms with van der Waals surface area (Å²) in [5.41, 5.74) is 4.11. The van der Waals surface area contributed by atoms with E-state index in [1.54, 1.807) is 66.4 Å². The van der Waals surface area contributed by atoms with E-state index in [4.69, 9.17) is 47.9 Å². The average molecular weight is 1020 g/mol. The van der Waals surface area contributed by atoms with Crippen LogP contribution in [0.15, 0.2) is 127 Å². The average Bonchev–Trinajstić information content (AvgIpc) is 3.43. The summed E-state index contributed by atoms with van der Waals surface area (Å²) in [5.74, 6) is 0.820. The largest absolute Gasteiger partial charge is 0.494 e. The van der Waals surface area contributed by atoms with Crippen LogP contribution in [0, 0.1) is 6.92 Å². The lowest BCUT2D eigenvalue weighted by Crippen LogP contribution is -2.09. The molecule has 0 fully saturated rings. The number of ether oxygens (including phenoxy) is 8. The van der Waals surface area contributed by atoms with Gasteiger partial charge in [-0.2, -0.15) is 0 Å². The SMILES string of the molecule is C=CC(=O)OCCCCCCOc1ccc(C(=O)Oc2ccc3c(c2)c2nc4ccc(SCCOCCOCC)cc4nc2c2cc(OC(=O)c4ccc(OCCCCCCOC(=O)C=C)cc4)cc(C)c32)cc1.